The Bertz CT molecular complexity index is 912. The van der Waals surface area contributed by atoms with E-state index < -0.39 is 17.7 Å². The normalized spacial score (nSPS) is 21.5. The van der Waals surface area contributed by atoms with E-state index in [-0.39, 0.29) is 17.9 Å². The van der Waals surface area contributed by atoms with Gasteiger partial charge in [-0.15, -0.1) is 0 Å². The van der Waals surface area contributed by atoms with Gasteiger partial charge in [0.15, 0.2) is 11.5 Å². The molecule has 176 valence electrons. The molecule has 1 aliphatic carbocycles. The predicted octanol–water partition coefficient (Wildman–Crippen LogP) is 2.60. The van der Waals surface area contributed by atoms with E-state index in [4.69, 9.17) is 19.4 Å². The van der Waals surface area contributed by atoms with Gasteiger partial charge >= 0.3 is 12.1 Å². The third-order valence-corrected chi connectivity index (χ3v) is 6.13. The van der Waals surface area contributed by atoms with Crippen LogP contribution in [0.25, 0.3) is 0 Å². The monoisotopic (exact) mass is 458 g/mol. The van der Waals surface area contributed by atoms with Crippen LogP contribution in [0.1, 0.15) is 49.3 Å². The average molecular weight is 458 g/mol. The van der Waals surface area contributed by atoms with Crippen molar-refractivity contribution >= 4 is 17.8 Å². The molecule has 0 aromatic heterocycles. The summed E-state index contributed by atoms with van der Waals surface area (Å²) in [5.74, 6) is -1.39. The van der Waals surface area contributed by atoms with Crippen LogP contribution in [0.2, 0.25) is 0 Å². The predicted molar refractivity (Wildman–Crippen MR) is 105 cm³/mol. The molecule has 4 rings (SSSR count). The molecule has 1 saturated heterocycles. The van der Waals surface area contributed by atoms with Crippen molar-refractivity contribution in [2.45, 2.75) is 56.3 Å². The number of nitrogens with zero attached hydrogens (tertiary/aromatic N) is 1. The summed E-state index contributed by atoms with van der Waals surface area (Å²) < 4.78 is 42.6. The summed E-state index contributed by atoms with van der Waals surface area (Å²) in [6, 6.07) is 3.68. The minimum Gasteiger partial charge on any atom is -0.493 e. The van der Waals surface area contributed by atoms with Crippen LogP contribution in [0.5, 0.6) is 11.5 Å². The van der Waals surface area contributed by atoms with Crippen molar-refractivity contribution < 1.29 is 42.1 Å². The van der Waals surface area contributed by atoms with Crippen molar-refractivity contribution in [1.29, 1.82) is 0 Å². The van der Waals surface area contributed by atoms with Crippen molar-refractivity contribution in [2.75, 3.05) is 20.8 Å². The lowest BCUT2D eigenvalue weighted by Gasteiger charge is -2.39. The first-order valence-electron chi connectivity index (χ1n) is 10.2. The number of methoxy groups -OCH3 is 2. The molecule has 1 atom stereocenters. The number of carboxylic acids is 1. The first-order valence-corrected chi connectivity index (χ1v) is 10.2. The van der Waals surface area contributed by atoms with Crippen molar-refractivity contribution in [3.8, 4) is 11.5 Å². The highest BCUT2D eigenvalue weighted by atomic mass is 19.4. The topological polar surface area (TPSA) is 105 Å². The van der Waals surface area contributed by atoms with E-state index in [9.17, 15) is 22.8 Å². The van der Waals surface area contributed by atoms with Crippen molar-refractivity contribution in [3.05, 3.63) is 23.3 Å². The van der Waals surface area contributed by atoms with Gasteiger partial charge in [0, 0.05) is 6.54 Å². The maximum absolute atomic E-state index is 13.3. The Kier molecular flexibility index (Phi) is 6.56. The summed E-state index contributed by atoms with van der Waals surface area (Å²) in [4.78, 5) is 36.7. The molecule has 2 amide bonds. The number of aliphatic carboxylic acids is 1. The lowest BCUT2D eigenvalue weighted by Crippen LogP contribution is -2.56. The molecular weight excluding hydrogens is 433 g/mol. The number of hydrogen-bond donors (Lipinski definition) is 2. The molecule has 1 saturated carbocycles. The molecule has 8 nitrogen and oxygen atoms in total. The van der Waals surface area contributed by atoms with Crippen LogP contribution in [-0.2, 0) is 20.8 Å². The van der Waals surface area contributed by atoms with Crippen molar-refractivity contribution in [3.63, 3.8) is 0 Å². The molecule has 2 fully saturated rings. The quantitative estimate of drug-likeness (QED) is 0.706. The van der Waals surface area contributed by atoms with Gasteiger partial charge in [-0.05, 0) is 42.5 Å². The van der Waals surface area contributed by atoms with Crippen LogP contribution in [0.15, 0.2) is 12.1 Å². The molecule has 32 heavy (non-hydrogen) atoms. The first kappa shape index (κ1) is 23.7. The van der Waals surface area contributed by atoms with E-state index in [0.717, 1.165) is 43.2 Å². The Hall–Kier alpha value is -2.98. The van der Waals surface area contributed by atoms with Crippen molar-refractivity contribution in [2.24, 2.45) is 0 Å². The fourth-order valence-electron chi connectivity index (χ4n) is 4.63. The largest absolute Gasteiger partial charge is 0.493 e. The van der Waals surface area contributed by atoms with Gasteiger partial charge in [-0.2, -0.15) is 13.2 Å². The summed E-state index contributed by atoms with van der Waals surface area (Å²) >= 11 is 0. The van der Waals surface area contributed by atoms with Gasteiger partial charge in [-0.3, -0.25) is 9.59 Å². The molecular formula is C21H25F3N2O6. The maximum Gasteiger partial charge on any atom is 0.490 e. The summed E-state index contributed by atoms with van der Waals surface area (Å²) in [6.07, 6.45) is -0.532. The minimum absolute atomic E-state index is 0.0367. The molecule has 3 aliphatic rings. The molecule has 1 unspecified atom stereocenters. The van der Waals surface area contributed by atoms with Gasteiger partial charge in [0.05, 0.1) is 26.7 Å². The van der Waals surface area contributed by atoms with E-state index >= 15 is 0 Å². The Balaban J connectivity index is 0.000000360. The zero-order chi connectivity index (χ0) is 23.7. The van der Waals surface area contributed by atoms with Gasteiger partial charge in [-0.1, -0.05) is 12.8 Å². The number of hydrogen-bond acceptors (Lipinski definition) is 5. The van der Waals surface area contributed by atoms with Gasteiger partial charge in [0.25, 0.3) is 0 Å². The fourth-order valence-corrected chi connectivity index (χ4v) is 4.63. The highest BCUT2D eigenvalue weighted by Gasteiger charge is 2.50. The van der Waals surface area contributed by atoms with Gasteiger partial charge in [0.2, 0.25) is 11.8 Å². The Labute approximate surface area is 182 Å². The third kappa shape index (κ3) is 4.46. The number of benzene rings is 1. The smallest absolute Gasteiger partial charge is 0.490 e. The highest BCUT2D eigenvalue weighted by molar-refractivity contribution is 5.94. The molecule has 11 heteroatoms. The fraction of sp³-hybridized carbons (Fsp3) is 0.571. The average Bonchev–Trinajstić information content (AvgIpc) is 3.17. The van der Waals surface area contributed by atoms with Crippen LogP contribution in [0.4, 0.5) is 13.2 Å². The summed E-state index contributed by atoms with van der Waals surface area (Å²) in [7, 11) is 3.22. The highest BCUT2D eigenvalue weighted by Crippen LogP contribution is 2.43. The van der Waals surface area contributed by atoms with Crippen LogP contribution in [0.3, 0.4) is 0 Å². The van der Waals surface area contributed by atoms with E-state index in [1.54, 1.807) is 14.2 Å². The number of halogens is 3. The standard InChI is InChI=1S/C19H24N2O4.C2HF3O2/c1-24-15-9-12-5-8-21-14(13(12)10-16(15)25-2)11-17(22)20-19(18(21)23)6-3-4-7-19;3-2(4,5)1(6)7/h9-10,14H,3-8,11H2,1-2H3,(H,20,22);(H,6,7). The van der Waals surface area contributed by atoms with Gasteiger partial charge in [-0.25, -0.2) is 4.79 Å². The van der Waals surface area contributed by atoms with Crippen LogP contribution >= 0.6 is 0 Å². The van der Waals surface area contributed by atoms with E-state index in [1.165, 1.54) is 0 Å². The molecule has 0 radical (unpaired) electrons. The number of amides is 2. The summed E-state index contributed by atoms with van der Waals surface area (Å²) in [5, 5.41) is 10.2. The summed E-state index contributed by atoms with van der Waals surface area (Å²) in [6.45, 7) is 0.642. The number of carbonyl (C=O) groups is 3. The lowest BCUT2D eigenvalue weighted by molar-refractivity contribution is -0.192. The number of nitrogens with one attached hydrogen (secondary N) is 1. The molecule has 2 aliphatic heterocycles. The van der Waals surface area contributed by atoms with Crippen LogP contribution in [0, 0.1) is 0 Å². The molecule has 2 N–H and O–H groups in total. The second-order valence-electron chi connectivity index (χ2n) is 8.01. The lowest BCUT2D eigenvalue weighted by atomic mass is 9.88. The maximum atomic E-state index is 13.3. The second-order valence-corrected chi connectivity index (χ2v) is 8.01. The zero-order valence-electron chi connectivity index (χ0n) is 17.8. The van der Waals surface area contributed by atoms with E-state index in [0.29, 0.717) is 24.5 Å². The molecule has 0 bridgehead atoms. The van der Waals surface area contributed by atoms with E-state index in [1.807, 2.05) is 17.0 Å². The number of carboxylic acid groups (broad SMARTS) is 1. The van der Waals surface area contributed by atoms with Crippen molar-refractivity contribution in [1.82, 2.24) is 10.2 Å². The second kappa shape index (κ2) is 8.87. The number of ether oxygens (including phenoxy) is 2. The zero-order valence-corrected chi connectivity index (χ0v) is 17.8. The Morgan fingerprint density at radius 1 is 1.16 bits per heavy atom. The van der Waals surface area contributed by atoms with Gasteiger partial charge < -0.3 is 24.8 Å². The van der Waals surface area contributed by atoms with Gasteiger partial charge in [0.1, 0.15) is 5.54 Å². The molecule has 2 heterocycles. The molecule has 1 spiro atoms. The van der Waals surface area contributed by atoms with Crippen LogP contribution in [-0.4, -0.2) is 60.3 Å². The SMILES string of the molecule is COc1cc2c(cc1OC)C1CC(=O)NC3(CCCC3)C(=O)N1CC2.O=C(O)C(F)(F)F. The van der Waals surface area contributed by atoms with Crippen LogP contribution < -0.4 is 14.8 Å². The molecule has 1 aromatic carbocycles. The third-order valence-electron chi connectivity index (χ3n) is 6.13. The number of fused-ring (bicyclic) bond motifs is 3. The Morgan fingerprint density at radius 2 is 1.72 bits per heavy atom. The van der Waals surface area contributed by atoms with E-state index in [2.05, 4.69) is 5.32 Å². The first-order chi connectivity index (χ1) is 15.0. The molecule has 1 aromatic rings. The summed E-state index contributed by atoms with van der Waals surface area (Å²) in [5.41, 5.74) is 1.45. The Morgan fingerprint density at radius 3 is 2.25 bits per heavy atom. The number of carbonyl (C=O) groups excluding carboxylic acids is 2. The number of rotatable bonds is 2. The number of alkyl halides is 3. The minimum atomic E-state index is -5.08.